The maximum absolute atomic E-state index is 12.5. The van der Waals surface area contributed by atoms with Gasteiger partial charge in [0, 0.05) is 25.4 Å². The number of aliphatic hydroxyl groups is 1. The number of hydrogen-bond acceptors (Lipinski definition) is 6. The molecule has 202 valence electrons. The molecule has 6 atom stereocenters. The van der Waals surface area contributed by atoms with E-state index >= 15 is 0 Å². The zero-order valence-corrected chi connectivity index (χ0v) is 23.0. The molecule has 0 aromatic heterocycles. The van der Waals surface area contributed by atoms with E-state index in [1.807, 2.05) is 13.0 Å². The maximum Gasteiger partial charge on any atom is 0.437 e. The van der Waals surface area contributed by atoms with Crippen LogP contribution < -0.4 is 5.32 Å². The molecule has 7 nitrogen and oxygen atoms in total. The van der Waals surface area contributed by atoms with Crippen LogP contribution in [0.3, 0.4) is 0 Å². The molecule has 0 unspecified atom stereocenters. The molecule has 0 bridgehead atoms. The van der Waals surface area contributed by atoms with Crippen LogP contribution in [0.2, 0.25) is 0 Å². The van der Waals surface area contributed by atoms with Gasteiger partial charge < -0.3 is 10.4 Å². The molecule has 0 aliphatic heterocycles. The molecule has 0 spiro atoms. The fraction of sp³-hybridized carbons (Fsp3) is 0.828. The molecule has 1 amide bonds. The number of hydrogen-bond donors (Lipinski definition) is 2. The van der Waals surface area contributed by atoms with Crippen molar-refractivity contribution < 1.29 is 19.5 Å². The summed E-state index contributed by atoms with van der Waals surface area (Å²) in [4.78, 5) is 31.2. The molecule has 4 aliphatic carbocycles. The largest absolute Gasteiger partial charge is 0.437 e. The molecule has 36 heavy (non-hydrogen) atoms. The normalized spacial score (nSPS) is 36.1. The Morgan fingerprint density at radius 2 is 1.97 bits per heavy atom. The summed E-state index contributed by atoms with van der Waals surface area (Å²) in [6.45, 7) is 12.6. The van der Waals surface area contributed by atoms with E-state index in [0.29, 0.717) is 54.9 Å². The quantitative estimate of drug-likeness (QED) is 0.158. The van der Waals surface area contributed by atoms with Crippen molar-refractivity contribution in [2.24, 2.45) is 45.6 Å². The number of fused-ring (bicyclic) bond motifs is 5. The molecule has 4 rings (SSSR count). The average molecular weight is 502 g/mol. The van der Waals surface area contributed by atoms with Gasteiger partial charge in [-0.05, 0) is 99.0 Å². The van der Waals surface area contributed by atoms with Crippen LogP contribution in [0.15, 0.2) is 16.8 Å². The highest BCUT2D eigenvalue weighted by Crippen LogP contribution is 2.66. The second kappa shape index (κ2) is 10.9. The Hall–Kier alpha value is -1.73. The molecule has 0 aromatic rings. The number of carbonyl (C=O) groups excluding carboxylic acids is 2. The topological polar surface area (TPSA) is 91.2 Å². The summed E-state index contributed by atoms with van der Waals surface area (Å²) in [6, 6.07) is 0. The lowest BCUT2D eigenvalue weighted by Crippen LogP contribution is -2.51. The number of nitrogens with one attached hydrogen (secondary N) is 1. The summed E-state index contributed by atoms with van der Waals surface area (Å²) in [6.07, 6.45) is 9.97. The lowest BCUT2D eigenvalue weighted by Gasteiger charge is -2.58. The highest BCUT2D eigenvalue weighted by atomic mass is 16.7. The number of nitrogens with zero attached hydrogens (tertiary/aromatic N) is 2. The predicted octanol–water partition coefficient (Wildman–Crippen LogP) is 5.14. The molecule has 0 heterocycles. The minimum Gasteiger partial charge on any atom is -0.376 e. The van der Waals surface area contributed by atoms with E-state index in [1.54, 1.807) is 0 Å². The van der Waals surface area contributed by atoms with E-state index in [1.165, 1.54) is 29.7 Å². The molecule has 2 N–H and O–H groups in total. The van der Waals surface area contributed by atoms with Gasteiger partial charge >= 0.3 is 6.09 Å². The van der Waals surface area contributed by atoms with Gasteiger partial charge in [-0.25, -0.2) is 4.79 Å². The van der Waals surface area contributed by atoms with Crippen molar-refractivity contribution in [2.45, 2.75) is 86.0 Å². The van der Waals surface area contributed by atoms with Crippen LogP contribution in [-0.4, -0.2) is 54.0 Å². The Morgan fingerprint density at radius 3 is 2.69 bits per heavy atom. The first kappa shape index (κ1) is 27.3. The Kier molecular flexibility index (Phi) is 8.30. The van der Waals surface area contributed by atoms with E-state index in [9.17, 15) is 14.7 Å². The van der Waals surface area contributed by atoms with Crippen LogP contribution in [0.5, 0.6) is 0 Å². The highest BCUT2D eigenvalue weighted by Gasteiger charge is 2.59. The summed E-state index contributed by atoms with van der Waals surface area (Å²) >= 11 is 0. The summed E-state index contributed by atoms with van der Waals surface area (Å²) in [5.74, 6) is 3.17. The van der Waals surface area contributed by atoms with Crippen molar-refractivity contribution in [3.05, 3.63) is 11.6 Å². The Balaban J connectivity index is 1.39. The molecule has 4 aliphatic rings. The fourth-order valence-electron chi connectivity index (χ4n) is 8.30. The van der Waals surface area contributed by atoms with Crippen LogP contribution in [0.4, 0.5) is 4.79 Å². The maximum atomic E-state index is 12.5. The first-order valence-electron chi connectivity index (χ1n) is 14.2. The monoisotopic (exact) mass is 501 g/mol. The van der Waals surface area contributed by atoms with Gasteiger partial charge in [0.1, 0.15) is 6.73 Å². The smallest absolute Gasteiger partial charge is 0.376 e. The van der Waals surface area contributed by atoms with Crippen molar-refractivity contribution in [2.75, 3.05) is 26.4 Å². The molecule has 3 saturated carbocycles. The van der Waals surface area contributed by atoms with E-state index in [-0.39, 0.29) is 17.6 Å². The molecule has 0 aromatic carbocycles. The average Bonchev–Trinajstić information content (AvgIpc) is 3.20. The highest BCUT2D eigenvalue weighted by molar-refractivity contribution is 5.91. The van der Waals surface area contributed by atoms with Crippen LogP contribution in [0.1, 0.15) is 86.0 Å². The second-order valence-corrected chi connectivity index (χ2v) is 12.7. The number of allylic oxidation sites excluding steroid dienone is 1. The third-order valence-electron chi connectivity index (χ3n) is 10.3. The minimum absolute atomic E-state index is 0.167. The number of oxime groups is 1. The van der Waals surface area contributed by atoms with Gasteiger partial charge in [0.15, 0.2) is 5.78 Å². The van der Waals surface area contributed by atoms with Crippen molar-refractivity contribution in [3.63, 3.8) is 0 Å². The summed E-state index contributed by atoms with van der Waals surface area (Å²) in [7, 11) is 0. The summed E-state index contributed by atoms with van der Waals surface area (Å²) < 4.78 is 0. The van der Waals surface area contributed by atoms with E-state index < -0.39 is 6.09 Å². The van der Waals surface area contributed by atoms with E-state index in [2.05, 4.69) is 38.2 Å². The van der Waals surface area contributed by atoms with Gasteiger partial charge in [-0.2, -0.15) is 0 Å². The lowest BCUT2D eigenvalue weighted by molar-refractivity contribution is -0.117. The third-order valence-corrected chi connectivity index (χ3v) is 10.3. The van der Waals surface area contributed by atoms with Crippen molar-refractivity contribution >= 4 is 17.6 Å². The molecule has 3 fully saturated rings. The van der Waals surface area contributed by atoms with Crippen molar-refractivity contribution in [3.8, 4) is 0 Å². The number of carbonyl (C=O) groups is 2. The zero-order valence-electron chi connectivity index (χ0n) is 23.0. The first-order valence-corrected chi connectivity index (χ1v) is 14.2. The van der Waals surface area contributed by atoms with Crippen LogP contribution >= 0.6 is 0 Å². The SMILES string of the molecule is C/C(=N\OC(=O)N(CO)CCNCC(C)C)[C@H]1CC[C@H]2[C@@H]3CCC4=CC(=O)CC[C@]4(C)[C@H]3CC[C@]12C. The number of rotatable bonds is 8. The zero-order chi connectivity index (χ0) is 26.1. The Morgan fingerprint density at radius 1 is 1.19 bits per heavy atom. The van der Waals surface area contributed by atoms with Gasteiger partial charge in [-0.1, -0.05) is 38.4 Å². The van der Waals surface area contributed by atoms with Gasteiger partial charge in [0.05, 0.1) is 5.71 Å². The van der Waals surface area contributed by atoms with Crippen molar-refractivity contribution in [1.29, 1.82) is 0 Å². The summed E-state index contributed by atoms with van der Waals surface area (Å²) in [5, 5.41) is 17.2. The van der Waals surface area contributed by atoms with Gasteiger partial charge in [-0.3, -0.25) is 14.5 Å². The van der Waals surface area contributed by atoms with Gasteiger partial charge in [0.2, 0.25) is 0 Å². The minimum atomic E-state index is -0.599. The number of aliphatic hydroxyl groups excluding tert-OH is 1. The van der Waals surface area contributed by atoms with E-state index in [4.69, 9.17) is 4.84 Å². The number of amides is 1. The molecule has 0 saturated heterocycles. The Labute approximate surface area is 217 Å². The lowest BCUT2D eigenvalue weighted by atomic mass is 9.46. The third kappa shape index (κ3) is 5.15. The predicted molar refractivity (Wildman–Crippen MR) is 141 cm³/mol. The molecule has 0 radical (unpaired) electrons. The molecular weight excluding hydrogens is 454 g/mol. The Bertz CT molecular complexity index is 899. The van der Waals surface area contributed by atoms with Gasteiger partial charge in [0.25, 0.3) is 0 Å². The fourth-order valence-corrected chi connectivity index (χ4v) is 8.30. The first-order chi connectivity index (χ1) is 17.1. The van der Waals surface area contributed by atoms with Gasteiger partial charge in [-0.15, -0.1) is 0 Å². The van der Waals surface area contributed by atoms with E-state index in [0.717, 1.165) is 37.9 Å². The van der Waals surface area contributed by atoms with Crippen LogP contribution in [0.25, 0.3) is 0 Å². The van der Waals surface area contributed by atoms with Crippen LogP contribution in [-0.2, 0) is 9.63 Å². The van der Waals surface area contributed by atoms with Crippen molar-refractivity contribution in [1.82, 2.24) is 10.2 Å². The summed E-state index contributed by atoms with van der Waals surface area (Å²) in [5.41, 5.74) is 2.66. The second-order valence-electron chi connectivity index (χ2n) is 12.7. The number of ketones is 1. The molecular formula is C29H47N3O4. The standard InChI is InChI=1S/C29H47N3O4/c1-19(2)17-30-14-15-32(18-33)27(35)36-31-20(3)24-8-9-25-23-7-6-21-16-22(34)10-12-28(21,4)26(23)11-13-29(24,25)5/h16,19,23-26,30,33H,6-15,17-18H2,1-5H3/b31-20+/t23-,24+,25-,26-,28-,29+/m0/s1. The van der Waals surface area contributed by atoms with Crippen LogP contribution in [0, 0.1) is 40.4 Å². The molecule has 7 heteroatoms.